The summed E-state index contributed by atoms with van der Waals surface area (Å²) in [6, 6.07) is 0. The molecule has 0 radical (unpaired) electrons. The number of nitrogens with zero attached hydrogens (tertiary/aromatic N) is 3. The Kier molecular flexibility index (Phi) is 2.91. The van der Waals surface area contributed by atoms with Crippen molar-refractivity contribution in [2.24, 2.45) is 0 Å². The highest BCUT2D eigenvalue weighted by Crippen LogP contribution is 2.47. The van der Waals surface area contributed by atoms with Gasteiger partial charge in [-0.05, 0) is 37.2 Å². The predicted molar refractivity (Wildman–Crippen MR) is 69.7 cm³/mol. The van der Waals surface area contributed by atoms with Gasteiger partial charge in [-0.15, -0.1) is 0 Å². The van der Waals surface area contributed by atoms with Gasteiger partial charge < -0.3 is 15.6 Å². The van der Waals surface area contributed by atoms with Crippen LogP contribution in [0.2, 0.25) is 0 Å². The minimum atomic E-state index is 0.608. The second kappa shape index (κ2) is 4.56. The van der Waals surface area contributed by atoms with Gasteiger partial charge in [0.15, 0.2) is 5.82 Å². The van der Waals surface area contributed by atoms with E-state index in [4.69, 9.17) is 10.3 Å². The molecule has 2 heterocycles. The maximum absolute atomic E-state index is 5.89. The van der Waals surface area contributed by atoms with E-state index in [1.807, 2.05) is 6.92 Å². The molecule has 3 rings (SSSR count). The van der Waals surface area contributed by atoms with Crippen LogP contribution in [-0.2, 0) is 6.42 Å². The Labute approximate surface area is 109 Å². The highest BCUT2D eigenvalue weighted by molar-refractivity contribution is 7.10. The molecule has 0 unspecified atom stereocenters. The number of aromatic nitrogens is 3. The molecule has 0 bridgehead atoms. The summed E-state index contributed by atoms with van der Waals surface area (Å²) in [5.41, 5.74) is 7.08. The van der Waals surface area contributed by atoms with Crippen LogP contribution in [0.5, 0.6) is 0 Å². The first kappa shape index (κ1) is 11.5. The van der Waals surface area contributed by atoms with Gasteiger partial charge in [-0.25, -0.2) is 0 Å². The second-order valence-electron chi connectivity index (χ2n) is 4.50. The molecule has 2 aromatic rings. The van der Waals surface area contributed by atoms with E-state index >= 15 is 0 Å². The third-order valence-electron chi connectivity index (χ3n) is 2.94. The normalized spacial score (nSPS) is 14.9. The van der Waals surface area contributed by atoms with Crippen LogP contribution in [0.1, 0.15) is 36.0 Å². The molecule has 0 atom stereocenters. The van der Waals surface area contributed by atoms with Crippen LogP contribution in [0.15, 0.2) is 4.52 Å². The maximum atomic E-state index is 5.89. The molecular formula is C11H15N5OS. The monoisotopic (exact) mass is 265 g/mol. The van der Waals surface area contributed by atoms with Crippen molar-refractivity contribution >= 4 is 22.4 Å². The largest absolute Gasteiger partial charge is 0.383 e. The number of nitrogen functional groups attached to an aromatic ring is 1. The Bertz CT molecular complexity index is 545. The first-order chi connectivity index (χ1) is 8.74. The molecule has 2 aromatic heterocycles. The summed E-state index contributed by atoms with van der Waals surface area (Å²) in [6.07, 6.45) is 3.16. The SMILES string of the molecule is Cc1noc(CCNc2snc(N)c2C2CC2)n1. The first-order valence-corrected chi connectivity index (χ1v) is 6.79. The summed E-state index contributed by atoms with van der Waals surface area (Å²) >= 11 is 1.43. The Morgan fingerprint density at radius 2 is 2.33 bits per heavy atom. The van der Waals surface area contributed by atoms with Crippen LogP contribution in [0.25, 0.3) is 0 Å². The zero-order chi connectivity index (χ0) is 12.5. The number of hydrogen-bond acceptors (Lipinski definition) is 7. The number of aryl methyl sites for hydroxylation is 1. The van der Waals surface area contributed by atoms with Gasteiger partial charge in [0.25, 0.3) is 0 Å². The van der Waals surface area contributed by atoms with E-state index in [2.05, 4.69) is 19.8 Å². The molecule has 0 aliphatic heterocycles. The molecule has 3 N–H and O–H groups in total. The van der Waals surface area contributed by atoms with Crippen molar-refractivity contribution in [1.82, 2.24) is 14.5 Å². The van der Waals surface area contributed by atoms with Crippen LogP contribution in [0.4, 0.5) is 10.8 Å². The van der Waals surface area contributed by atoms with Crippen molar-refractivity contribution in [2.75, 3.05) is 17.6 Å². The van der Waals surface area contributed by atoms with Crippen LogP contribution in [-0.4, -0.2) is 21.1 Å². The molecule has 0 spiro atoms. The van der Waals surface area contributed by atoms with E-state index in [0.29, 0.717) is 29.9 Å². The number of nitrogens with two attached hydrogens (primary N) is 1. The quantitative estimate of drug-likeness (QED) is 0.858. The molecular weight excluding hydrogens is 250 g/mol. The van der Waals surface area contributed by atoms with E-state index < -0.39 is 0 Å². The van der Waals surface area contributed by atoms with Gasteiger partial charge in [-0.2, -0.15) is 9.36 Å². The summed E-state index contributed by atoms with van der Waals surface area (Å²) in [5.74, 6) is 2.62. The van der Waals surface area contributed by atoms with Crippen molar-refractivity contribution in [3.05, 3.63) is 17.3 Å². The van der Waals surface area contributed by atoms with Gasteiger partial charge in [0.05, 0.1) is 0 Å². The summed E-state index contributed by atoms with van der Waals surface area (Å²) < 4.78 is 9.27. The van der Waals surface area contributed by atoms with Gasteiger partial charge in [0.1, 0.15) is 10.8 Å². The fraction of sp³-hybridized carbons (Fsp3) is 0.545. The molecule has 6 nitrogen and oxygen atoms in total. The average Bonchev–Trinajstić information content (AvgIpc) is 2.99. The van der Waals surface area contributed by atoms with Gasteiger partial charge in [0, 0.05) is 18.5 Å². The van der Waals surface area contributed by atoms with Crippen molar-refractivity contribution in [2.45, 2.75) is 32.1 Å². The predicted octanol–water partition coefficient (Wildman–Crippen LogP) is 1.95. The van der Waals surface area contributed by atoms with Crippen LogP contribution in [0.3, 0.4) is 0 Å². The molecule has 1 aliphatic rings. The zero-order valence-electron chi connectivity index (χ0n) is 10.1. The van der Waals surface area contributed by atoms with Gasteiger partial charge in [0.2, 0.25) is 5.89 Å². The molecule has 7 heteroatoms. The highest BCUT2D eigenvalue weighted by Gasteiger charge is 2.30. The lowest BCUT2D eigenvalue weighted by Crippen LogP contribution is -2.05. The molecule has 0 aromatic carbocycles. The minimum absolute atomic E-state index is 0.608. The Morgan fingerprint density at radius 3 is 3.00 bits per heavy atom. The van der Waals surface area contributed by atoms with E-state index in [1.165, 1.54) is 29.9 Å². The molecule has 18 heavy (non-hydrogen) atoms. The summed E-state index contributed by atoms with van der Waals surface area (Å²) in [5, 5.41) is 8.21. The van der Waals surface area contributed by atoms with E-state index in [0.717, 1.165) is 11.5 Å². The summed E-state index contributed by atoms with van der Waals surface area (Å²) in [6.45, 7) is 2.57. The fourth-order valence-corrected chi connectivity index (χ4v) is 2.75. The van der Waals surface area contributed by atoms with E-state index in [1.54, 1.807) is 0 Å². The molecule has 0 saturated heterocycles. The Morgan fingerprint density at radius 1 is 1.50 bits per heavy atom. The average molecular weight is 265 g/mol. The number of rotatable bonds is 5. The van der Waals surface area contributed by atoms with Gasteiger partial charge in [-0.1, -0.05) is 5.16 Å². The van der Waals surface area contributed by atoms with Crippen LogP contribution < -0.4 is 11.1 Å². The third kappa shape index (κ3) is 2.31. The van der Waals surface area contributed by atoms with E-state index in [9.17, 15) is 0 Å². The lowest BCUT2D eigenvalue weighted by Gasteiger charge is -2.04. The van der Waals surface area contributed by atoms with E-state index in [-0.39, 0.29) is 0 Å². The Balaban J connectivity index is 1.60. The highest BCUT2D eigenvalue weighted by atomic mass is 32.1. The fourth-order valence-electron chi connectivity index (χ4n) is 1.93. The lowest BCUT2D eigenvalue weighted by molar-refractivity contribution is 0.377. The smallest absolute Gasteiger partial charge is 0.228 e. The summed E-state index contributed by atoms with van der Waals surface area (Å²) in [4.78, 5) is 4.16. The van der Waals surface area contributed by atoms with Crippen LogP contribution in [0, 0.1) is 6.92 Å². The maximum Gasteiger partial charge on any atom is 0.228 e. The molecule has 0 amide bonds. The Hall–Kier alpha value is -1.63. The molecule has 1 fully saturated rings. The van der Waals surface area contributed by atoms with Crippen LogP contribution >= 0.6 is 11.5 Å². The van der Waals surface area contributed by atoms with Crippen molar-refractivity contribution in [3.8, 4) is 0 Å². The minimum Gasteiger partial charge on any atom is -0.383 e. The van der Waals surface area contributed by atoms with Crippen molar-refractivity contribution in [1.29, 1.82) is 0 Å². The van der Waals surface area contributed by atoms with Crippen molar-refractivity contribution < 1.29 is 4.52 Å². The van der Waals surface area contributed by atoms with Crippen molar-refractivity contribution in [3.63, 3.8) is 0 Å². The standard InChI is InChI=1S/C11H15N5OS/c1-6-14-8(17-15-6)4-5-13-11-9(7-2-3-7)10(12)16-18-11/h7,13H,2-5H2,1H3,(H2,12,16). The van der Waals surface area contributed by atoms with Gasteiger partial charge in [-0.3, -0.25) is 0 Å². The zero-order valence-corrected chi connectivity index (χ0v) is 11.0. The first-order valence-electron chi connectivity index (χ1n) is 6.02. The topological polar surface area (TPSA) is 89.9 Å². The molecule has 1 aliphatic carbocycles. The lowest BCUT2D eigenvalue weighted by atomic mass is 10.2. The van der Waals surface area contributed by atoms with Gasteiger partial charge >= 0.3 is 0 Å². The second-order valence-corrected chi connectivity index (χ2v) is 5.27. The molecule has 1 saturated carbocycles. The number of nitrogens with one attached hydrogen (secondary N) is 1. The summed E-state index contributed by atoms with van der Waals surface area (Å²) in [7, 11) is 0. The number of hydrogen-bond donors (Lipinski definition) is 2. The third-order valence-corrected chi connectivity index (χ3v) is 3.77. The molecule has 96 valence electrons. The number of anilines is 2.